The fraction of sp³-hybridized carbons (Fsp3) is 0.391. The van der Waals surface area contributed by atoms with Gasteiger partial charge in [-0.15, -0.1) is 0 Å². The topological polar surface area (TPSA) is 52.7 Å². The molecule has 1 N–H and O–H groups in total. The van der Waals surface area contributed by atoms with Gasteiger partial charge in [0.1, 0.15) is 0 Å². The van der Waals surface area contributed by atoms with Crippen molar-refractivity contribution in [2.75, 3.05) is 31.5 Å². The molecule has 2 aromatic rings. The molecular formula is C23H29N3O2. The molecule has 3 rings (SSSR count). The van der Waals surface area contributed by atoms with Crippen LogP contribution in [0.1, 0.15) is 23.6 Å². The van der Waals surface area contributed by atoms with E-state index in [0.29, 0.717) is 32.6 Å². The Labute approximate surface area is 167 Å². The van der Waals surface area contributed by atoms with E-state index in [0.717, 1.165) is 22.4 Å². The molecule has 1 unspecified atom stereocenters. The summed E-state index contributed by atoms with van der Waals surface area (Å²) in [5, 5.41) is 2.99. The van der Waals surface area contributed by atoms with Crippen LogP contribution in [-0.2, 0) is 16.0 Å². The summed E-state index contributed by atoms with van der Waals surface area (Å²) < 4.78 is 0. The Morgan fingerprint density at radius 1 is 1.00 bits per heavy atom. The second kappa shape index (κ2) is 9.02. The van der Waals surface area contributed by atoms with E-state index >= 15 is 0 Å². The summed E-state index contributed by atoms with van der Waals surface area (Å²) >= 11 is 0. The van der Waals surface area contributed by atoms with Crippen LogP contribution in [-0.4, -0.2) is 53.8 Å². The first kappa shape index (κ1) is 20.1. The van der Waals surface area contributed by atoms with Crippen molar-refractivity contribution in [1.29, 1.82) is 0 Å². The molecule has 2 amide bonds. The number of hydrogen-bond acceptors (Lipinski definition) is 3. The van der Waals surface area contributed by atoms with Gasteiger partial charge in [0.25, 0.3) is 0 Å². The third-order valence-electron chi connectivity index (χ3n) is 5.48. The van der Waals surface area contributed by atoms with Crippen molar-refractivity contribution in [3.63, 3.8) is 0 Å². The van der Waals surface area contributed by atoms with Crippen LogP contribution < -0.4 is 5.32 Å². The van der Waals surface area contributed by atoms with Gasteiger partial charge in [0.05, 0.1) is 12.5 Å². The number of aryl methyl sites for hydroxylation is 2. The summed E-state index contributed by atoms with van der Waals surface area (Å²) in [6.07, 6.45) is 0.441. The van der Waals surface area contributed by atoms with Gasteiger partial charge in [-0.2, -0.15) is 0 Å². The number of benzene rings is 2. The Morgan fingerprint density at radius 3 is 2.39 bits per heavy atom. The molecule has 5 nitrogen and oxygen atoms in total. The van der Waals surface area contributed by atoms with Gasteiger partial charge in [0.2, 0.25) is 11.8 Å². The van der Waals surface area contributed by atoms with Crippen molar-refractivity contribution in [2.24, 2.45) is 0 Å². The Kier molecular flexibility index (Phi) is 6.47. The number of rotatable bonds is 5. The highest BCUT2D eigenvalue weighted by Crippen LogP contribution is 2.14. The van der Waals surface area contributed by atoms with E-state index in [2.05, 4.69) is 10.2 Å². The smallest absolute Gasteiger partial charge is 0.241 e. The van der Waals surface area contributed by atoms with E-state index in [1.54, 1.807) is 0 Å². The van der Waals surface area contributed by atoms with Crippen LogP contribution in [0.5, 0.6) is 0 Å². The van der Waals surface area contributed by atoms with Crippen molar-refractivity contribution in [1.82, 2.24) is 9.80 Å². The number of hydrogen-bond donors (Lipinski definition) is 1. The van der Waals surface area contributed by atoms with Gasteiger partial charge < -0.3 is 10.2 Å². The Balaban J connectivity index is 1.50. The minimum atomic E-state index is -0.228. The van der Waals surface area contributed by atoms with Crippen LogP contribution in [0.2, 0.25) is 0 Å². The molecule has 2 aromatic carbocycles. The summed E-state index contributed by atoms with van der Waals surface area (Å²) in [6, 6.07) is 15.6. The highest BCUT2D eigenvalue weighted by atomic mass is 16.2. The molecule has 0 spiro atoms. The lowest BCUT2D eigenvalue weighted by Crippen LogP contribution is -2.54. The van der Waals surface area contributed by atoms with Gasteiger partial charge in [-0.05, 0) is 49.6 Å². The third-order valence-corrected chi connectivity index (χ3v) is 5.48. The molecule has 0 aliphatic carbocycles. The maximum Gasteiger partial charge on any atom is 0.241 e. The molecule has 5 heteroatoms. The van der Waals surface area contributed by atoms with Gasteiger partial charge in [-0.25, -0.2) is 0 Å². The van der Waals surface area contributed by atoms with Crippen molar-refractivity contribution in [2.45, 2.75) is 33.2 Å². The third kappa shape index (κ3) is 4.98. The standard InChI is InChI=1S/C23H29N3O2/c1-17-7-6-10-21(15-17)24-23(28)19(3)25-11-13-26(14-12-25)22(27)16-20-9-5-4-8-18(20)2/h4-10,15,19H,11-14,16H2,1-3H3,(H,24,28). The summed E-state index contributed by atoms with van der Waals surface area (Å²) in [4.78, 5) is 29.3. The van der Waals surface area contributed by atoms with Gasteiger partial charge in [-0.3, -0.25) is 14.5 Å². The van der Waals surface area contributed by atoms with Crippen LogP contribution >= 0.6 is 0 Å². The number of carbonyl (C=O) groups is 2. The molecule has 1 aliphatic heterocycles. The van der Waals surface area contributed by atoms with Crippen molar-refractivity contribution >= 4 is 17.5 Å². The van der Waals surface area contributed by atoms with Crippen LogP contribution in [0, 0.1) is 13.8 Å². The SMILES string of the molecule is Cc1cccc(NC(=O)C(C)N2CCN(C(=O)Cc3ccccc3C)CC2)c1. The molecule has 28 heavy (non-hydrogen) atoms. The second-order valence-corrected chi connectivity index (χ2v) is 7.55. The molecular weight excluding hydrogens is 350 g/mol. The molecule has 0 saturated carbocycles. The van der Waals surface area contributed by atoms with Crippen LogP contribution in [0.25, 0.3) is 0 Å². The zero-order valence-electron chi connectivity index (χ0n) is 16.9. The molecule has 1 saturated heterocycles. The lowest BCUT2D eigenvalue weighted by molar-refractivity contribution is -0.133. The van der Waals surface area contributed by atoms with Crippen LogP contribution in [0.15, 0.2) is 48.5 Å². The van der Waals surface area contributed by atoms with Gasteiger partial charge in [0.15, 0.2) is 0 Å². The number of piperazine rings is 1. The first-order valence-corrected chi connectivity index (χ1v) is 9.88. The average Bonchev–Trinajstić information content (AvgIpc) is 2.69. The van der Waals surface area contributed by atoms with E-state index in [1.165, 1.54) is 0 Å². The highest BCUT2D eigenvalue weighted by Gasteiger charge is 2.27. The number of carbonyl (C=O) groups excluding carboxylic acids is 2. The zero-order chi connectivity index (χ0) is 20.1. The van der Waals surface area contributed by atoms with Gasteiger partial charge >= 0.3 is 0 Å². The predicted octanol–water partition coefficient (Wildman–Crippen LogP) is 3.02. The minimum Gasteiger partial charge on any atom is -0.340 e. The van der Waals surface area contributed by atoms with E-state index in [1.807, 2.05) is 74.2 Å². The number of nitrogens with zero attached hydrogens (tertiary/aromatic N) is 2. The molecule has 148 valence electrons. The lowest BCUT2D eigenvalue weighted by Gasteiger charge is -2.37. The van der Waals surface area contributed by atoms with Gasteiger partial charge in [0, 0.05) is 31.9 Å². The number of anilines is 1. The Hall–Kier alpha value is -2.66. The van der Waals surface area contributed by atoms with Crippen molar-refractivity contribution in [3.8, 4) is 0 Å². The van der Waals surface area contributed by atoms with Gasteiger partial charge in [-0.1, -0.05) is 36.4 Å². The zero-order valence-corrected chi connectivity index (χ0v) is 16.9. The number of nitrogens with one attached hydrogen (secondary N) is 1. The maximum absolute atomic E-state index is 12.6. The molecule has 1 heterocycles. The molecule has 0 bridgehead atoms. The van der Waals surface area contributed by atoms with Crippen molar-refractivity contribution < 1.29 is 9.59 Å². The Bertz CT molecular complexity index is 841. The fourth-order valence-corrected chi connectivity index (χ4v) is 3.58. The van der Waals surface area contributed by atoms with Crippen molar-refractivity contribution in [3.05, 3.63) is 65.2 Å². The summed E-state index contributed by atoms with van der Waals surface area (Å²) in [7, 11) is 0. The second-order valence-electron chi connectivity index (χ2n) is 7.55. The van der Waals surface area contributed by atoms with E-state index in [9.17, 15) is 9.59 Å². The van der Waals surface area contributed by atoms with Crippen LogP contribution in [0.4, 0.5) is 5.69 Å². The summed E-state index contributed by atoms with van der Waals surface area (Å²) in [6.45, 7) is 8.71. The average molecular weight is 380 g/mol. The monoisotopic (exact) mass is 379 g/mol. The lowest BCUT2D eigenvalue weighted by atomic mass is 10.0. The normalized spacial score (nSPS) is 15.9. The van der Waals surface area contributed by atoms with E-state index in [-0.39, 0.29) is 17.9 Å². The summed E-state index contributed by atoms with van der Waals surface area (Å²) in [5.74, 6) is 0.149. The number of amides is 2. The Morgan fingerprint density at radius 2 is 1.71 bits per heavy atom. The molecule has 1 fully saturated rings. The van der Waals surface area contributed by atoms with E-state index < -0.39 is 0 Å². The van der Waals surface area contributed by atoms with Crippen LogP contribution in [0.3, 0.4) is 0 Å². The molecule has 0 aromatic heterocycles. The fourth-order valence-electron chi connectivity index (χ4n) is 3.58. The minimum absolute atomic E-state index is 0.00899. The first-order valence-electron chi connectivity index (χ1n) is 9.88. The first-order chi connectivity index (χ1) is 13.4. The van der Waals surface area contributed by atoms with E-state index in [4.69, 9.17) is 0 Å². The molecule has 0 radical (unpaired) electrons. The summed E-state index contributed by atoms with van der Waals surface area (Å²) in [5.41, 5.74) is 4.17. The predicted molar refractivity (Wildman–Crippen MR) is 112 cm³/mol. The molecule has 1 atom stereocenters. The maximum atomic E-state index is 12.6. The quantitative estimate of drug-likeness (QED) is 0.869. The molecule has 1 aliphatic rings. The highest BCUT2D eigenvalue weighted by molar-refractivity contribution is 5.94. The largest absolute Gasteiger partial charge is 0.340 e.